The third kappa shape index (κ3) is 3.24. The Kier molecular flexibility index (Phi) is 4.52. The summed E-state index contributed by atoms with van der Waals surface area (Å²) in [4.78, 5) is 24.3. The van der Waals surface area contributed by atoms with Crippen molar-refractivity contribution >= 4 is 17.4 Å². The van der Waals surface area contributed by atoms with Crippen LogP contribution in [0.3, 0.4) is 0 Å². The largest absolute Gasteiger partial charge is 0.325 e. The monoisotopic (exact) mass is 270 g/mol. The second kappa shape index (κ2) is 6.33. The predicted octanol–water partition coefficient (Wildman–Crippen LogP) is 2.83. The number of benzene rings is 1. The Morgan fingerprint density at radius 1 is 1.35 bits per heavy atom. The average Bonchev–Trinajstić information content (AvgIpc) is 2.93. The molecule has 1 saturated carbocycles. The van der Waals surface area contributed by atoms with E-state index in [-0.39, 0.29) is 11.7 Å². The van der Waals surface area contributed by atoms with Gasteiger partial charge in [0, 0.05) is 11.6 Å². The van der Waals surface area contributed by atoms with Gasteiger partial charge in [-0.15, -0.1) is 0 Å². The van der Waals surface area contributed by atoms with Gasteiger partial charge in [0.1, 0.15) is 0 Å². The molecule has 1 aromatic rings. The number of carbonyl (C=O) groups is 2. The van der Waals surface area contributed by atoms with Crippen LogP contribution in [0.5, 0.6) is 0 Å². The number of nitrogens with one attached hydrogen (secondary N) is 1. The molecule has 1 N–H and O–H groups in total. The highest BCUT2D eigenvalue weighted by atomic mass is 16.2. The molecule has 2 rings (SSSR count). The van der Waals surface area contributed by atoms with E-state index in [2.05, 4.69) is 5.32 Å². The maximum Gasteiger partial charge on any atom is 0.249 e. The van der Waals surface area contributed by atoms with Crippen molar-refractivity contribution in [2.24, 2.45) is 11.8 Å². The molecule has 0 aromatic heterocycles. The van der Waals surface area contributed by atoms with Crippen molar-refractivity contribution in [1.82, 2.24) is 0 Å². The zero-order chi connectivity index (χ0) is 14.5. The van der Waals surface area contributed by atoms with Gasteiger partial charge in [-0.3, -0.25) is 9.59 Å². The fourth-order valence-electron chi connectivity index (χ4n) is 2.63. The van der Waals surface area contributed by atoms with Gasteiger partial charge in [-0.2, -0.15) is 5.26 Å². The number of rotatable bonds is 4. The van der Waals surface area contributed by atoms with E-state index in [9.17, 15) is 9.59 Å². The van der Waals surface area contributed by atoms with Crippen LogP contribution in [0.2, 0.25) is 0 Å². The van der Waals surface area contributed by atoms with Crippen LogP contribution >= 0.6 is 0 Å². The molecule has 104 valence electrons. The molecule has 1 atom stereocenters. The Balaban J connectivity index is 2.05. The zero-order valence-electron chi connectivity index (χ0n) is 11.6. The number of aryl methyl sites for hydroxylation is 1. The van der Waals surface area contributed by atoms with Crippen LogP contribution in [0, 0.1) is 30.1 Å². The number of nitriles is 1. The number of Topliss-reactive ketones (excluding diaryl/α,β-unsaturated/α-hetero) is 1. The van der Waals surface area contributed by atoms with Crippen LogP contribution < -0.4 is 5.32 Å². The van der Waals surface area contributed by atoms with Crippen molar-refractivity contribution in [3.05, 3.63) is 29.8 Å². The summed E-state index contributed by atoms with van der Waals surface area (Å²) in [5, 5.41) is 11.8. The molecule has 1 amide bonds. The minimum atomic E-state index is -1.20. The molecular weight excluding hydrogens is 252 g/mol. The van der Waals surface area contributed by atoms with Crippen molar-refractivity contribution in [1.29, 1.82) is 5.26 Å². The van der Waals surface area contributed by atoms with Crippen molar-refractivity contribution in [2.75, 3.05) is 5.32 Å². The molecule has 20 heavy (non-hydrogen) atoms. The first-order valence-corrected chi connectivity index (χ1v) is 6.92. The fourth-order valence-corrected chi connectivity index (χ4v) is 2.63. The highest BCUT2D eigenvalue weighted by Gasteiger charge is 2.33. The molecule has 1 aliphatic rings. The molecule has 0 aliphatic heterocycles. The third-order valence-corrected chi connectivity index (χ3v) is 3.72. The van der Waals surface area contributed by atoms with E-state index >= 15 is 0 Å². The molecule has 0 saturated heterocycles. The summed E-state index contributed by atoms with van der Waals surface area (Å²) < 4.78 is 0. The summed E-state index contributed by atoms with van der Waals surface area (Å²) in [6.07, 6.45) is 3.62. The van der Waals surface area contributed by atoms with E-state index in [4.69, 9.17) is 5.26 Å². The van der Waals surface area contributed by atoms with E-state index in [1.54, 1.807) is 6.07 Å². The van der Waals surface area contributed by atoms with Gasteiger partial charge in [0.05, 0.1) is 6.07 Å². The molecule has 4 nitrogen and oxygen atoms in total. The Hall–Kier alpha value is -2.15. The third-order valence-electron chi connectivity index (χ3n) is 3.72. The highest BCUT2D eigenvalue weighted by Crippen LogP contribution is 2.28. The van der Waals surface area contributed by atoms with Gasteiger partial charge in [0.15, 0.2) is 11.7 Å². The SMILES string of the molecule is Cc1cccc(NC(=O)[C@@H](C#N)C(=O)C2CCCC2)c1. The Labute approximate surface area is 118 Å². The van der Waals surface area contributed by atoms with Crippen LogP contribution in [0.15, 0.2) is 24.3 Å². The lowest BCUT2D eigenvalue weighted by Gasteiger charge is -2.13. The van der Waals surface area contributed by atoms with Crippen molar-refractivity contribution in [3.63, 3.8) is 0 Å². The number of carbonyl (C=O) groups excluding carboxylic acids is 2. The quantitative estimate of drug-likeness (QED) is 0.855. The second-order valence-corrected chi connectivity index (χ2v) is 5.30. The molecule has 1 aliphatic carbocycles. The summed E-state index contributed by atoms with van der Waals surface area (Å²) in [5.41, 5.74) is 1.63. The van der Waals surface area contributed by atoms with Gasteiger partial charge in [-0.1, -0.05) is 25.0 Å². The summed E-state index contributed by atoms with van der Waals surface area (Å²) in [6, 6.07) is 9.16. The molecular formula is C16H18N2O2. The number of ketones is 1. The zero-order valence-corrected chi connectivity index (χ0v) is 11.6. The molecule has 0 unspecified atom stereocenters. The average molecular weight is 270 g/mol. The predicted molar refractivity (Wildman–Crippen MR) is 75.9 cm³/mol. The lowest BCUT2D eigenvalue weighted by Crippen LogP contribution is -2.32. The van der Waals surface area contributed by atoms with Gasteiger partial charge >= 0.3 is 0 Å². The maximum absolute atomic E-state index is 12.2. The van der Waals surface area contributed by atoms with Crippen molar-refractivity contribution in [3.8, 4) is 6.07 Å². The van der Waals surface area contributed by atoms with Gasteiger partial charge in [0.2, 0.25) is 5.91 Å². The molecule has 0 heterocycles. The van der Waals surface area contributed by atoms with Crippen molar-refractivity contribution in [2.45, 2.75) is 32.6 Å². The van der Waals surface area contributed by atoms with Gasteiger partial charge < -0.3 is 5.32 Å². The fraction of sp³-hybridized carbons (Fsp3) is 0.438. The standard InChI is InChI=1S/C16H18N2O2/c1-11-5-4-8-13(9-11)18-16(20)14(10-17)15(19)12-6-2-3-7-12/h4-5,8-9,12,14H,2-3,6-7H2,1H3,(H,18,20)/t14-/m0/s1. The molecule has 4 heteroatoms. The molecule has 1 aromatic carbocycles. The summed E-state index contributed by atoms with van der Waals surface area (Å²) in [5.74, 6) is -2.06. The van der Waals surface area contributed by atoms with Gasteiger partial charge in [-0.25, -0.2) is 0 Å². The number of nitrogens with zero attached hydrogens (tertiary/aromatic N) is 1. The van der Waals surface area contributed by atoms with Crippen LogP contribution in [0.25, 0.3) is 0 Å². The van der Waals surface area contributed by atoms with Crippen molar-refractivity contribution < 1.29 is 9.59 Å². The van der Waals surface area contributed by atoms with E-state index in [1.807, 2.05) is 31.2 Å². The molecule has 0 bridgehead atoms. The topological polar surface area (TPSA) is 70.0 Å². The smallest absolute Gasteiger partial charge is 0.249 e. The first kappa shape index (κ1) is 14.3. The Morgan fingerprint density at radius 2 is 2.05 bits per heavy atom. The highest BCUT2D eigenvalue weighted by molar-refractivity contribution is 6.10. The molecule has 1 fully saturated rings. The van der Waals surface area contributed by atoms with E-state index in [0.717, 1.165) is 31.2 Å². The summed E-state index contributed by atoms with van der Waals surface area (Å²) in [7, 11) is 0. The van der Waals surface area contributed by atoms with E-state index in [1.165, 1.54) is 0 Å². The first-order valence-electron chi connectivity index (χ1n) is 6.92. The van der Waals surface area contributed by atoms with Crippen LogP contribution in [-0.4, -0.2) is 11.7 Å². The Bertz CT molecular complexity index is 554. The number of amides is 1. The minimum Gasteiger partial charge on any atom is -0.325 e. The normalized spacial score (nSPS) is 16.4. The number of hydrogen-bond donors (Lipinski definition) is 1. The van der Waals surface area contributed by atoms with Gasteiger partial charge in [0.25, 0.3) is 0 Å². The van der Waals surface area contributed by atoms with Crippen LogP contribution in [-0.2, 0) is 9.59 Å². The lowest BCUT2D eigenvalue weighted by atomic mass is 9.92. The number of anilines is 1. The van der Waals surface area contributed by atoms with E-state index in [0.29, 0.717) is 5.69 Å². The van der Waals surface area contributed by atoms with Crippen LogP contribution in [0.4, 0.5) is 5.69 Å². The Morgan fingerprint density at radius 3 is 2.65 bits per heavy atom. The molecule has 0 radical (unpaired) electrons. The maximum atomic E-state index is 12.2. The minimum absolute atomic E-state index is 0.122. The summed E-state index contributed by atoms with van der Waals surface area (Å²) >= 11 is 0. The summed E-state index contributed by atoms with van der Waals surface area (Å²) in [6.45, 7) is 1.92. The second-order valence-electron chi connectivity index (χ2n) is 5.30. The van der Waals surface area contributed by atoms with Gasteiger partial charge in [-0.05, 0) is 37.5 Å². The first-order chi connectivity index (χ1) is 9.61. The van der Waals surface area contributed by atoms with Crippen LogP contribution in [0.1, 0.15) is 31.2 Å². The lowest BCUT2D eigenvalue weighted by molar-refractivity contribution is -0.131. The van der Waals surface area contributed by atoms with E-state index < -0.39 is 11.8 Å². The molecule has 0 spiro atoms. The number of hydrogen-bond acceptors (Lipinski definition) is 3.